The van der Waals surface area contributed by atoms with E-state index in [0.29, 0.717) is 30.4 Å². The number of carbonyl (C=O) groups is 3. The van der Waals surface area contributed by atoms with Crippen molar-refractivity contribution < 1.29 is 23.9 Å². The minimum absolute atomic E-state index is 0.00588. The van der Waals surface area contributed by atoms with Crippen molar-refractivity contribution in [2.75, 3.05) is 24.7 Å². The van der Waals surface area contributed by atoms with Gasteiger partial charge in [-0.1, -0.05) is 33.1 Å². The number of hydrogen-bond donors (Lipinski definition) is 2. The standard InChI is InChI=1S/C24H33N3O5/c1-3-15(2)22(24(30)25-17-6-4-5-7-17)26-23(29)16-12-21(28)27(14-16)18-8-9-19-20(13-18)32-11-10-31-19/h8-9,13,15-17,22H,3-7,10-12,14H2,1-2H3,(H,25,30)(H,26,29)/t15?,16?,22-/m0/s1. The summed E-state index contributed by atoms with van der Waals surface area (Å²) in [6.07, 6.45) is 5.15. The van der Waals surface area contributed by atoms with E-state index in [-0.39, 0.29) is 42.6 Å². The van der Waals surface area contributed by atoms with Crippen molar-refractivity contribution in [3.05, 3.63) is 18.2 Å². The molecule has 2 N–H and O–H groups in total. The van der Waals surface area contributed by atoms with E-state index in [4.69, 9.17) is 9.47 Å². The molecule has 2 unspecified atom stereocenters. The first kappa shape index (κ1) is 22.4. The van der Waals surface area contributed by atoms with Crippen LogP contribution in [0, 0.1) is 11.8 Å². The van der Waals surface area contributed by atoms with E-state index in [0.717, 1.165) is 32.1 Å². The molecule has 1 aromatic carbocycles. The summed E-state index contributed by atoms with van der Waals surface area (Å²) in [4.78, 5) is 40.3. The Morgan fingerprint density at radius 3 is 2.59 bits per heavy atom. The van der Waals surface area contributed by atoms with Gasteiger partial charge in [0, 0.05) is 30.8 Å². The van der Waals surface area contributed by atoms with Gasteiger partial charge in [-0.3, -0.25) is 14.4 Å². The molecule has 2 fully saturated rings. The number of fused-ring (bicyclic) bond motifs is 1. The summed E-state index contributed by atoms with van der Waals surface area (Å²) in [5, 5.41) is 6.06. The van der Waals surface area contributed by atoms with Gasteiger partial charge in [0.05, 0.1) is 5.92 Å². The average Bonchev–Trinajstić information content (AvgIpc) is 3.46. The molecule has 1 saturated heterocycles. The van der Waals surface area contributed by atoms with Crippen LogP contribution in [0.1, 0.15) is 52.4 Å². The van der Waals surface area contributed by atoms with Crippen molar-refractivity contribution in [2.45, 2.75) is 64.5 Å². The van der Waals surface area contributed by atoms with Crippen LogP contribution in [0.25, 0.3) is 0 Å². The lowest BCUT2D eigenvalue weighted by atomic mass is 9.96. The van der Waals surface area contributed by atoms with Crippen molar-refractivity contribution in [2.24, 2.45) is 11.8 Å². The number of nitrogens with one attached hydrogen (secondary N) is 2. The molecule has 2 aliphatic heterocycles. The van der Waals surface area contributed by atoms with E-state index in [1.165, 1.54) is 0 Å². The number of hydrogen-bond acceptors (Lipinski definition) is 5. The van der Waals surface area contributed by atoms with Gasteiger partial charge < -0.3 is 25.0 Å². The molecule has 174 valence electrons. The lowest BCUT2D eigenvalue weighted by Gasteiger charge is -2.26. The minimum atomic E-state index is -0.591. The number of amides is 3. The van der Waals surface area contributed by atoms with Crippen LogP contribution in [0.4, 0.5) is 5.69 Å². The highest BCUT2D eigenvalue weighted by Crippen LogP contribution is 2.36. The van der Waals surface area contributed by atoms with Gasteiger partial charge in [-0.25, -0.2) is 0 Å². The monoisotopic (exact) mass is 443 g/mol. The molecule has 32 heavy (non-hydrogen) atoms. The first-order chi connectivity index (χ1) is 15.5. The molecular weight excluding hydrogens is 410 g/mol. The maximum Gasteiger partial charge on any atom is 0.243 e. The van der Waals surface area contributed by atoms with E-state index in [1.807, 2.05) is 19.9 Å². The Kier molecular flexibility index (Phi) is 6.86. The number of benzene rings is 1. The fraction of sp³-hybridized carbons (Fsp3) is 0.625. The zero-order valence-corrected chi connectivity index (χ0v) is 18.9. The summed E-state index contributed by atoms with van der Waals surface area (Å²) in [5.74, 6) is 0.295. The quantitative estimate of drug-likeness (QED) is 0.675. The fourth-order valence-corrected chi connectivity index (χ4v) is 4.67. The highest BCUT2D eigenvalue weighted by atomic mass is 16.6. The normalized spacial score (nSPS) is 22.5. The first-order valence-electron chi connectivity index (χ1n) is 11.8. The molecule has 3 amide bonds. The molecule has 1 aromatic rings. The van der Waals surface area contributed by atoms with Crippen LogP contribution in [0.3, 0.4) is 0 Å². The molecule has 0 aromatic heterocycles. The zero-order chi connectivity index (χ0) is 22.7. The lowest BCUT2D eigenvalue weighted by molar-refractivity contribution is -0.132. The molecule has 8 heteroatoms. The Morgan fingerprint density at radius 2 is 1.88 bits per heavy atom. The first-order valence-corrected chi connectivity index (χ1v) is 11.8. The predicted molar refractivity (Wildman–Crippen MR) is 120 cm³/mol. The molecule has 8 nitrogen and oxygen atoms in total. The summed E-state index contributed by atoms with van der Waals surface area (Å²) in [6, 6.07) is 4.99. The average molecular weight is 444 g/mol. The maximum atomic E-state index is 13.1. The van der Waals surface area contributed by atoms with Crippen LogP contribution in [-0.2, 0) is 14.4 Å². The van der Waals surface area contributed by atoms with E-state index < -0.39 is 12.0 Å². The lowest BCUT2D eigenvalue weighted by Crippen LogP contribution is -2.53. The van der Waals surface area contributed by atoms with Gasteiger partial charge in [-0.05, 0) is 30.9 Å². The molecule has 0 radical (unpaired) electrons. The Labute approximate surface area is 189 Å². The topological polar surface area (TPSA) is 97.0 Å². The Morgan fingerprint density at radius 1 is 1.16 bits per heavy atom. The molecule has 3 atom stereocenters. The number of carbonyl (C=O) groups excluding carboxylic acids is 3. The second-order valence-electron chi connectivity index (χ2n) is 9.10. The molecule has 1 aliphatic carbocycles. The molecular formula is C24H33N3O5. The van der Waals surface area contributed by atoms with Crippen LogP contribution in [-0.4, -0.2) is 49.6 Å². The predicted octanol–water partition coefficient (Wildman–Crippen LogP) is 2.40. The largest absolute Gasteiger partial charge is 0.486 e. The van der Waals surface area contributed by atoms with Crippen molar-refractivity contribution >= 4 is 23.4 Å². The van der Waals surface area contributed by atoms with Gasteiger partial charge in [0.25, 0.3) is 0 Å². The van der Waals surface area contributed by atoms with Gasteiger partial charge in [0.15, 0.2) is 11.5 Å². The summed E-state index contributed by atoms with van der Waals surface area (Å²) < 4.78 is 11.2. The van der Waals surface area contributed by atoms with Crippen molar-refractivity contribution in [3.63, 3.8) is 0 Å². The Bertz CT molecular complexity index is 867. The maximum absolute atomic E-state index is 13.1. The van der Waals surface area contributed by atoms with Gasteiger partial charge >= 0.3 is 0 Å². The highest BCUT2D eigenvalue weighted by molar-refractivity contribution is 6.01. The summed E-state index contributed by atoms with van der Waals surface area (Å²) in [5.41, 5.74) is 0.687. The molecule has 0 spiro atoms. The smallest absolute Gasteiger partial charge is 0.243 e. The fourth-order valence-electron chi connectivity index (χ4n) is 4.67. The van der Waals surface area contributed by atoms with Crippen molar-refractivity contribution in [1.82, 2.24) is 10.6 Å². The summed E-state index contributed by atoms with van der Waals surface area (Å²) >= 11 is 0. The number of nitrogens with zero attached hydrogens (tertiary/aromatic N) is 1. The minimum Gasteiger partial charge on any atom is -0.486 e. The van der Waals surface area contributed by atoms with Crippen molar-refractivity contribution in [1.29, 1.82) is 0 Å². The van der Waals surface area contributed by atoms with Gasteiger partial charge in [-0.2, -0.15) is 0 Å². The van der Waals surface area contributed by atoms with Crippen LogP contribution in [0.15, 0.2) is 18.2 Å². The number of rotatable bonds is 7. The second kappa shape index (κ2) is 9.79. The number of ether oxygens (including phenoxy) is 2. The summed E-state index contributed by atoms with van der Waals surface area (Å²) in [6.45, 7) is 5.23. The Hall–Kier alpha value is -2.77. The molecule has 3 aliphatic rings. The van der Waals surface area contributed by atoms with Gasteiger partial charge in [0.1, 0.15) is 19.3 Å². The van der Waals surface area contributed by atoms with E-state index >= 15 is 0 Å². The van der Waals surface area contributed by atoms with Crippen molar-refractivity contribution in [3.8, 4) is 11.5 Å². The SMILES string of the molecule is CCC(C)[C@H](NC(=O)C1CC(=O)N(c2ccc3c(c2)OCCO3)C1)C(=O)NC1CCCC1. The van der Waals surface area contributed by atoms with E-state index in [2.05, 4.69) is 10.6 Å². The van der Waals surface area contributed by atoms with E-state index in [9.17, 15) is 14.4 Å². The van der Waals surface area contributed by atoms with Gasteiger partial charge in [0.2, 0.25) is 17.7 Å². The molecule has 2 heterocycles. The van der Waals surface area contributed by atoms with Crippen LogP contribution >= 0.6 is 0 Å². The molecule has 1 saturated carbocycles. The number of anilines is 1. The van der Waals surface area contributed by atoms with Crippen LogP contribution in [0.2, 0.25) is 0 Å². The second-order valence-corrected chi connectivity index (χ2v) is 9.10. The molecule has 0 bridgehead atoms. The zero-order valence-electron chi connectivity index (χ0n) is 18.9. The van der Waals surface area contributed by atoms with Crippen LogP contribution < -0.4 is 25.0 Å². The van der Waals surface area contributed by atoms with Crippen LogP contribution in [0.5, 0.6) is 11.5 Å². The van der Waals surface area contributed by atoms with E-state index in [1.54, 1.807) is 17.0 Å². The summed E-state index contributed by atoms with van der Waals surface area (Å²) in [7, 11) is 0. The third kappa shape index (κ3) is 4.84. The van der Waals surface area contributed by atoms with Gasteiger partial charge in [-0.15, -0.1) is 0 Å². The third-order valence-electron chi connectivity index (χ3n) is 6.83. The Balaban J connectivity index is 1.41. The highest BCUT2D eigenvalue weighted by Gasteiger charge is 2.38. The third-order valence-corrected chi connectivity index (χ3v) is 6.83. The molecule has 4 rings (SSSR count).